The zero-order chi connectivity index (χ0) is 23.5. The summed E-state index contributed by atoms with van der Waals surface area (Å²) >= 11 is 0. The number of nitrogens with zero attached hydrogens (tertiary/aromatic N) is 2. The monoisotopic (exact) mass is 463 g/mol. The van der Waals surface area contributed by atoms with E-state index in [1.807, 2.05) is 0 Å². The quantitative estimate of drug-likeness (QED) is 0.684. The Kier molecular flexibility index (Phi) is 7.09. The molecule has 0 aromatic heterocycles. The number of carbonyl (C=O) groups is 1. The summed E-state index contributed by atoms with van der Waals surface area (Å²) in [5.41, 5.74) is 5.94. The minimum atomic E-state index is -3.79. The van der Waals surface area contributed by atoms with Gasteiger partial charge in [-0.3, -0.25) is 0 Å². The Morgan fingerprint density at radius 1 is 1.12 bits per heavy atom. The van der Waals surface area contributed by atoms with Gasteiger partial charge in [0.25, 0.3) is 0 Å². The van der Waals surface area contributed by atoms with E-state index in [0.717, 1.165) is 0 Å². The van der Waals surface area contributed by atoms with Gasteiger partial charge in [-0.25, -0.2) is 17.6 Å². The molecule has 0 bridgehead atoms. The van der Waals surface area contributed by atoms with Gasteiger partial charge >= 0.3 is 6.09 Å². The SMILES string of the molecule is CC(C)(C)OC(=O)N1CCN(S(=O)(=O)c2ccccc2)C(CCc2c(N)cccc2F)C1. The lowest BCUT2D eigenvalue weighted by Gasteiger charge is -2.41. The number of rotatable bonds is 5. The molecule has 32 heavy (non-hydrogen) atoms. The van der Waals surface area contributed by atoms with Gasteiger partial charge in [-0.15, -0.1) is 0 Å². The van der Waals surface area contributed by atoms with Crippen molar-refractivity contribution < 1.29 is 22.3 Å². The van der Waals surface area contributed by atoms with Gasteiger partial charge < -0.3 is 15.4 Å². The Morgan fingerprint density at radius 3 is 2.44 bits per heavy atom. The molecule has 1 amide bonds. The maximum Gasteiger partial charge on any atom is 0.410 e. The summed E-state index contributed by atoms with van der Waals surface area (Å²) in [6.07, 6.45) is 0.0486. The number of halogens is 1. The average Bonchev–Trinajstić information content (AvgIpc) is 2.72. The van der Waals surface area contributed by atoms with Crippen LogP contribution in [-0.4, -0.2) is 55.0 Å². The van der Waals surface area contributed by atoms with Gasteiger partial charge in [-0.2, -0.15) is 4.31 Å². The molecule has 2 aromatic rings. The second-order valence-electron chi connectivity index (χ2n) is 8.86. The van der Waals surface area contributed by atoms with Crippen LogP contribution < -0.4 is 5.73 Å². The van der Waals surface area contributed by atoms with Crippen molar-refractivity contribution >= 4 is 21.8 Å². The van der Waals surface area contributed by atoms with Crippen LogP contribution in [0.2, 0.25) is 0 Å². The highest BCUT2D eigenvalue weighted by Gasteiger charge is 2.38. The number of hydrogen-bond donors (Lipinski definition) is 1. The molecule has 1 saturated heterocycles. The van der Waals surface area contributed by atoms with E-state index in [2.05, 4.69) is 0 Å². The summed E-state index contributed by atoms with van der Waals surface area (Å²) in [5, 5.41) is 0. The van der Waals surface area contributed by atoms with Gasteiger partial charge in [-0.1, -0.05) is 24.3 Å². The van der Waals surface area contributed by atoms with E-state index in [-0.39, 0.29) is 31.0 Å². The first kappa shape index (κ1) is 24.0. The molecule has 1 aliphatic rings. The Balaban J connectivity index is 1.86. The maximum absolute atomic E-state index is 14.3. The molecular formula is C23H30FN3O4S. The summed E-state index contributed by atoms with van der Waals surface area (Å²) in [4.78, 5) is 14.3. The number of benzene rings is 2. The molecular weight excluding hydrogens is 433 g/mol. The number of carbonyl (C=O) groups excluding carboxylic acids is 1. The molecule has 9 heteroatoms. The largest absolute Gasteiger partial charge is 0.444 e. The van der Waals surface area contributed by atoms with Crippen molar-refractivity contribution in [3.05, 3.63) is 59.9 Å². The smallest absolute Gasteiger partial charge is 0.410 e. The number of piperazine rings is 1. The molecule has 1 fully saturated rings. The van der Waals surface area contributed by atoms with Crippen molar-refractivity contribution in [2.75, 3.05) is 25.4 Å². The second-order valence-corrected chi connectivity index (χ2v) is 10.7. The number of nitrogen functional groups attached to an aromatic ring is 1. The van der Waals surface area contributed by atoms with Crippen molar-refractivity contribution in [1.29, 1.82) is 0 Å². The third kappa shape index (κ3) is 5.58. The molecule has 1 heterocycles. The topological polar surface area (TPSA) is 92.9 Å². The summed E-state index contributed by atoms with van der Waals surface area (Å²) in [6.45, 7) is 5.81. The molecule has 1 unspecified atom stereocenters. The van der Waals surface area contributed by atoms with Gasteiger partial charge in [0.2, 0.25) is 10.0 Å². The van der Waals surface area contributed by atoms with Gasteiger partial charge in [0.15, 0.2) is 0 Å². The first-order chi connectivity index (χ1) is 15.0. The Bertz CT molecular complexity index is 1030. The Morgan fingerprint density at radius 2 is 1.81 bits per heavy atom. The Hall–Kier alpha value is -2.65. The minimum absolute atomic E-state index is 0.119. The average molecular weight is 464 g/mol. The van der Waals surface area contributed by atoms with E-state index in [4.69, 9.17) is 10.5 Å². The van der Waals surface area contributed by atoms with Gasteiger partial charge in [-0.05, 0) is 57.9 Å². The number of nitrogens with two attached hydrogens (primary N) is 1. The van der Waals surface area contributed by atoms with Crippen LogP contribution in [0.3, 0.4) is 0 Å². The van der Waals surface area contributed by atoms with Crippen LogP contribution in [-0.2, 0) is 21.2 Å². The van der Waals surface area contributed by atoms with E-state index < -0.39 is 33.6 Å². The van der Waals surface area contributed by atoms with Crippen LogP contribution in [0, 0.1) is 5.82 Å². The lowest BCUT2D eigenvalue weighted by molar-refractivity contribution is 0.0127. The molecule has 0 saturated carbocycles. The molecule has 7 nitrogen and oxygen atoms in total. The van der Waals surface area contributed by atoms with Crippen molar-refractivity contribution in [3.8, 4) is 0 Å². The van der Waals surface area contributed by atoms with Crippen LogP contribution >= 0.6 is 0 Å². The van der Waals surface area contributed by atoms with E-state index in [9.17, 15) is 17.6 Å². The van der Waals surface area contributed by atoms with Gasteiger partial charge in [0, 0.05) is 36.9 Å². The zero-order valence-electron chi connectivity index (χ0n) is 18.6. The lowest BCUT2D eigenvalue weighted by atomic mass is 10.0. The second kappa shape index (κ2) is 9.46. The summed E-state index contributed by atoms with van der Waals surface area (Å²) in [6, 6.07) is 12.1. The standard InChI is InChI=1S/C23H30FN3O4S/c1-23(2,3)31-22(28)26-14-15-27(32(29,30)18-8-5-4-6-9-18)17(16-26)12-13-19-20(24)10-7-11-21(19)25/h4-11,17H,12-16,25H2,1-3H3. The van der Waals surface area contributed by atoms with E-state index in [1.165, 1.54) is 21.3 Å². The van der Waals surface area contributed by atoms with Crippen LogP contribution in [0.25, 0.3) is 0 Å². The molecule has 3 rings (SSSR count). The lowest BCUT2D eigenvalue weighted by Crippen LogP contribution is -2.57. The predicted octanol–water partition coefficient (Wildman–Crippen LogP) is 3.65. The normalized spacial score (nSPS) is 17.9. The Labute approximate surface area is 189 Å². The fourth-order valence-electron chi connectivity index (χ4n) is 3.76. The first-order valence-electron chi connectivity index (χ1n) is 10.6. The number of ether oxygens (including phenoxy) is 1. The van der Waals surface area contributed by atoms with Crippen LogP contribution in [0.4, 0.5) is 14.9 Å². The third-order valence-electron chi connectivity index (χ3n) is 5.31. The summed E-state index contributed by atoms with van der Waals surface area (Å²) in [7, 11) is -3.79. The van der Waals surface area contributed by atoms with E-state index >= 15 is 0 Å². The molecule has 2 aromatic carbocycles. The molecule has 2 N–H and O–H groups in total. The summed E-state index contributed by atoms with van der Waals surface area (Å²) < 4.78 is 47.9. The maximum atomic E-state index is 14.3. The molecule has 174 valence electrons. The third-order valence-corrected chi connectivity index (χ3v) is 7.28. The van der Waals surface area contributed by atoms with E-state index in [1.54, 1.807) is 57.2 Å². The summed E-state index contributed by atoms with van der Waals surface area (Å²) in [5.74, 6) is -0.428. The number of hydrogen-bond acceptors (Lipinski definition) is 5. The van der Waals surface area contributed by atoms with Gasteiger partial charge in [0.05, 0.1) is 4.90 Å². The fourth-order valence-corrected chi connectivity index (χ4v) is 5.42. The van der Waals surface area contributed by atoms with Gasteiger partial charge in [0.1, 0.15) is 11.4 Å². The van der Waals surface area contributed by atoms with Crippen LogP contribution in [0.5, 0.6) is 0 Å². The number of amides is 1. The zero-order valence-corrected chi connectivity index (χ0v) is 19.4. The highest BCUT2D eigenvalue weighted by atomic mass is 32.2. The van der Waals surface area contributed by atoms with Crippen molar-refractivity contribution in [2.45, 2.75) is 50.2 Å². The highest BCUT2D eigenvalue weighted by molar-refractivity contribution is 7.89. The van der Waals surface area contributed by atoms with Crippen molar-refractivity contribution in [2.24, 2.45) is 0 Å². The fraction of sp³-hybridized carbons (Fsp3) is 0.435. The molecule has 0 aliphatic carbocycles. The first-order valence-corrected chi connectivity index (χ1v) is 12.0. The molecule has 1 aliphatic heterocycles. The van der Waals surface area contributed by atoms with Crippen molar-refractivity contribution in [3.63, 3.8) is 0 Å². The highest BCUT2D eigenvalue weighted by Crippen LogP contribution is 2.27. The molecule has 1 atom stereocenters. The van der Waals surface area contributed by atoms with Crippen molar-refractivity contribution in [1.82, 2.24) is 9.21 Å². The number of anilines is 1. The number of sulfonamides is 1. The minimum Gasteiger partial charge on any atom is -0.444 e. The predicted molar refractivity (Wildman–Crippen MR) is 121 cm³/mol. The molecule has 0 spiro atoms. The van der Waals surface area contributed by atoms with Crippen LogP contribution in [0.15, 0.2) is 53.4 Å². The van der Waals surface area contributed by atoms with Crippen LogP contribution in [0.1, 0.15) is 32.8 Å². The van der Waals surface area contributed by atoms with E-state index in [0.29, 0.717) is 17.7 Å². The molecule has 0 radical (unpaired) electrons.